The van der Waals surface area contributed by atoms with Crippen LogP contribution in [0.3, 0.4) is 0 Å². The molecule has 5 rings (SSSR count). The minimum Gasteiger partial charge on any atom is -0.495 e. The number of halogens is 1. The Kier molecular flexibility index (Phi) is 7.21. The monoisotopic (exact) mass is 508 g/mol. The van der Waals surface area contributed by atoms with Crippen LogP contribution in [-0.2, 0) is 6.42 Å². The zero-order chi connectivity index (χ0) is 24.4. The van der Waals surface area contributed by atoms with E-state index < -0.39 is 0 Å². The van der Waals surface area contributed by atoms with Gasteiger partial charge in [0.1, 0.15) is 16.5 Å². The minimum absolute atomic E-state index is 0.365. The van der Waals surface area contributed by atoms with Crippen molar-refractivity contribution in [1.29, 1.82) is 0 Å². The van der Waals surface area contributed by atoms with Gasteiger partial charge in [-0.15, -0.1) is 11.8 Å². The summed E-state index contributed by atoms with van der Waals surface area (Å²) in [7, 11) is 1.69. The SMILES string of the molecule is COc1cc2c(cc1Nc1ncc(Cl)c(Nc3c#cccc3SC(C)C)n1)C1CNCCN1CC2. The van der Waals surface area contributed by atoms with Gasteiger partial charge in [-0.2, -0.15) is 4.98 Å². The van der Waals surface area contributed by atoms with Crippen molar-refractivity contribution in [3.8, 4) is 5.75 Å². The van der Waals surface area contributed by atoms with Gasteiger partial charge >= 0.3 is 0 Å². The van der Waals surface area contributed by atoms with Crippen molar-refractivity contribution < 1.29 is 4.74 Å². The maximum atomic E-state index is 6.45. The summed E-state index contributed by atoms with van der Waals surface area (Å²) in [6.45, 7) is 8.44. The predicted molar refractivity (Wildman–Crippen MR) is 143 cm³/mol. The van der Waals surface area contributed by atoms with Crippen LogP contribution in [0, 0.1) is 12.1 Å². The van der Waals surface area contributed by atoms with E-state index in [1.807, 2.05) is 12.1 Å². The van der Waals surface area contributed by atoms with Gasteiger partial charge in [0.2, 0.25) is 5.95 Å². The fourth-order valence-corrected chi connectivity index (χ4v) is 5.60. The summed E-state index contributed by atoms with van der Waals surface area (Å²) in [5, 5.41) is 11.1. The van der Waals surface area contributed by atoms with Crippen molar-refractivity contribution in [3.05, 3.63) is 58.7 Å². The summed E-state index contributed by atoms with van der Waals surface area (Å²) in [4.78, 5) is 12.7. The highest BCUT2D eigenvalue weighted by molar-refractivity contribution is 8.00. The molecule has 9 heteroatoms. The second-order valence-electron chi connectivity index (χ2n) is 8.91. The number of methoxy groups -OCH3 is 1. The molecular formula is C26H29ClN6OS. The number of anilines is 4. The molecule has 1 atom stereocenters. The van der Waals surface area contributed by atoms with Gasteiger partial charge in [-0.3, -0.25) is 4.90 Å². The Hall–Kier alpha value is -2.70. The van der Waals surface area contributed by atoms with Crippen LogP contribution in [0.2, 0.25) is 5.02 Å². The molecule has 1 saturated heterocycles. The molecule has 2 aromatic carbocycles. The molecule has 35 heavy (non-hydrogen) atoms. The molecular weight excluding hydrogens is 480 g/mol. The number of aromatic nitrogens is 2. The van der Waals surface area contributed by atoms with Gasteiger partial charge in [-0.25, -0.2) is 4.98 Å². The molecule has 7 nitrogen and oxygen atoms in total. The van der Waals surface area contributed by atoms with Crippen molar-refractivity contribution in [2.75, 3.05) is 43.9 Å². The number of benzene rings is 1. The summed E-state index contributed by atoms with van der Waals surface area (Å²) >= 11 is 8.20. The van der Waals surface area contributed by atoms with Gasteiger partial charge in [-0.05, 0) is 47.9 Å². The third-order valence-electron chi connectivity index (χ3n) is 6.20. The number of piperazine rings is 1. The summed E-state index contributed by atoms with van der Waals surface area (Å²) in [5.41, 5.74) is 4.28. The number of nitrogens with zero attached hydrogens (tertiary/aromatic N) is 3. The summed E-state index contributed by atoms with van der Waals surface area (Å²) < 4.78 is 5.72. The molecule has 0 aliphatic carbocycles. The minimum atomic E-state index is 0.365. The Balaban J connectivity index is 1.43. The second kappa shape index (κ2) is 10.5. The largest absolute Gasteiger partial charge is 0.495 e. The lowest BCUT2D eigenvalue weighted by molar-refractivity contribution is 0.151. The Morgan fingerprint density at radius 3 is 3.00 bits per heavy atom. The Bertz CT molecular complexity index is 1210. The van der Waals surface area contributed by atoms with Crippen LogP contribution in [-0.4, -0.2) is 53.4 Å². The number of rotatable bonds is 7. The molecule has 3 aromatic rings. The highest BCUT2D eigenvalue weighted by Gasteiger charge is 2.30. The molecule has 3 heterocycles. The van der Waals surface area contributed by atoms with Crippen LogP contribution in [0.5, 0.6) is 5.75 Å². The first-order valence-electron chi connectivity index (χ1n) is 11.8. The first kappa shape index (κ1) is 24.0. The number of fused-ring (bicyclic) bond motifs is 3. The van der Waals surface area contributed by atoms with E-state index in [1.165, 1.54) is 11.1 Å². The van der Waals surface area contributed by atoms with E-state index in [1.54, 1.807) is 25.1 Å². The number of hydrogen-bond donors (Lipinski definition) is 3. The van der Waals surface area contributed by atoms with Crippen molar-refractivity contribution in [2.24, 2.45) is 0 Å². The van der Waals surface area contributed by atoms with Gasteiger partial charge < -0.3 is 20.7 Å². The normalized spacial score (nSPS) is 17.3. The standard InChI is InChI=1S/C26H29ClN6OS/c1-16(2)35-24-7-5-4-6-20(24)30-25-19(27)14-29-26(32-25)31-21-13-18-17(12-23(21)34-3)8-10-33-11-9-28-15-22(18)33/h5,7,12-14,16,22,28H,8-11,15H2,1-3H3,(H2,29,30,31,32). The molecule has 0 saturated carbocycles. The van der Waals surface area contributed by atoms with Crippen molar-refractivity contribution in [3.63, 3.8) is 0 Å². The fraction of sp³-hybridized carbons (Fsp3) is 0.385. The lowest BCUT2D eigenvalue weighted by Crippen LogP contribution is -2.48. The van der Waals surface area contributed by atoms with E-state index in [9.17, 15) is 0 Å². The van der Waals surface area contributed by atoms with Crippen molar-refractivity contribution >= 4 is 46.5 Å². The smallest absolute Gasteiger partial charge is 0.229 e. The molecule has 182 valence electrons. The number of hydrogen-bond acceptors (Lipinski definition) is 8. The van der Waals surface area contributed by atoms with Gasteiger partial charge in [0.05, 0.1) is 19.0 Å². The highest BCUT2D eigenvalue weighted by Crippen LogP contribution is 2.38. The molecule has 1 fully saturated rings. The third kappa shape index (κ3) is 5.29. The third-order valence-corrected chi connectivity index (χ3v) is 7.54. The van der Waals surface area contributed by atoms with Gasteiger partial charge in [-0.1, -0.05) is 31.5 Å². The van der Waals surface area contributed by atoms with Crippen LogP contribution in [0.4, 0.5) is 23.1 Å². The molecule has 0 spiro atoms. The Labute approximate surface area is 216 Å². The highest BCUT2D eigenvalue weighted by atomic mass is 35.5. The van der Waals surface area contributed by atoms with E-state index in [2.05, 4.69) is 68.9 Å². The van der Waals surface area contributed by atoms with Crippen LogP contribution < -0.4 is 20.7 Å². The van der Waals surface area contributed by atoms with Crippen LogP contribution >= 0.6 is 23.4 Å². The molecule has 2 aliphatic heterocycles. The number of ether oxygens (including phenoxy) is 1. The van der Waals surface area contributed by atoms with Crippen molar-refractivity contribution in [2.45, 2.75) is 36.5 Å². The lowest BCUT2D eigenvalue weighted by atomic mass is 9.90. The Morgan fingerprint density at radius 1 is 1.29 bits per heavy atom. The van der Waals surface area contributed by atoms with Crippen LogP contribution in [0.15, 0.2) is 35.4 Å². The van der Waals surface area contributed by atoms with E-state index >= 15 is 0 Å². The average Bonchev–Trinajstić information content (AvgIpc) is 2.86. The zero-order valence-electron chi connectivity index (χ0n) is 20.1. The van der Waals surface area contributed by atoms with Crippen LogP contribution in [0.25, 0.3) is 0 Å². The summed E-state index contributed by atoms with van der Waals surface area (Å²) in [5.74, 6) is 1.71. The second-order valence-corrected chi connectivity index (χ2v) is 10.9. The molecule has 0 radical (unpaired) electrons. The van der Waals surface area contributed by atoms with E-state index in [0.29, 0.717) is 28.1 Å². The molecule has 3 N–H and O–H groups in total. The van der Waals surface area contributed by atoms with Crippen molar-refractivity contribution in [1.82, 2.24) is 20.2 Å². The maximum absolute atomic E-state index is 6.45. The van der Waals surface area contributed by atoms with Gasteiger partial charge in [0, 0.05) is 42.4 Å². The van der Waals surface area contributed by atoms with E-state index in [-0.39, 0.29) is 0 Å². The topological polar surface area (TPSA) is 74.3 Å². The first-order valence-corrected chi connectivity index (χ1v) is 13.1. The molecule has 0 amide bonds. The molecule has 0 bridgehead atoms. The molecule has 1 aromatic heterocycles. The lowest BCUT2D eigenvalue weighted by Gasteiger charge is -2.41. The first-order chi connectivity index (χ1) is 17.0. The van der Waals surface area contributed by atoms with E-state index in [4.69, 9.17) is 16.3 Å². The predicted octanol–water partition coefficient (Wildman–Crippen LogP) is 5.23. The number of thioether (sulfide) groups is 1. The van der Waals surface area contributed by atoms with Crippen LogP contribution in [0.1, 0.15) is 31.0 Å². The quantitative estimate of drug-likeness (QED) is 0.375. The average molecular weight is 509 g/mol. The summed E-state index contributed by atoms with van der Waals surface area (Å²) in [6, 6.07) is 14.7. The molecule has 1 unspecified atom stereocenters. The van der Waals surface area contributed by atoms with Gasteiger partial charge in [0.25, 0.3) is 0 Å². The zero-order valence-corrected chi connectivity index (χ0v) is 21.7. The number of nitrogens with one attached hydrogen (secondary N) is 3. The van der Waals surface area contributed by atoms with Gasteiger partial charge in [0.15, 0.2) is 5.82 Å². The molecule has 2 aliphatic rings. The summed E-state index contributed by atoms with van der Waals surface area (Å²) in [6.07, 6.45) is 2.62. The Morgan fingerprint density at radius 2 is 2.17 bits per heavy atom. The fourth-order valence-electron chi connectivity index (χ4n) is 4.59. The maximum Gasteiger partial charge on any atom is 0.229 e. The van der Waals surface area contributed by atoms with E-state index in [0.717, 1.165) is 54.6 Å².